The van der Waals surface area contributed by atoms with Crippen LogP contribution in [0.25, 0.3) is 10.2 Å². The van der Waals surface area contributed by atoms with E-state index in [2.05, 4.69) is 21.4 Å². The van der Waals surface area contributed by atoms with Crippen LogP contribution in [0.1, 0.15) is 50.5 Å². The van der Waals surface area contributed by atoms with E-state index in [1.165, 1.54) is 11.6 Å². The summed E-state index contributed by atoms with van der Waals surface area (Å²) < 4.78 is 1.19. The Labute approximate surface area is 150 Å². The number of nitrogens with zero attached hydrogens (tertiary/aromatic N) is 1. The van der Waals surface area contributed by atoms with E-state index in [4.69, 9.17) is 0 Å². The van der Waals surface area contributed by atoms with Crippen molar-refractivity contribution in [3.8, 4) is 0 Å². The highest BCUT2D eigenvalue weighted by Crippen LogP contribution is 2.22. The third kappa shape index (κ3) is 3.64. The number of hydrogen-bond donors (Lipinski definition) is 2. The number of aromatic nitrogens is 2. The van der Waals surface area contributed by atoms with Crippen LogP contribution in [0.5, 0.6) is 0 Å². The lowest BCUT2D eigenvalue weighted by molar-refractivity contribution is 0.0948. The van der Waals surface area contributed by atoms with Gasteiger partial charge in [-0.25, -0.2) is 4.98 Å². The van der Waals surface area contributed by atoms with Gasteiger partial charge in [-0.3, -0.25) is 9.59 Å². The summed E-state index contributed by atoms with van der Waals surface area (Å²) in [6.45, 7) is 5.70. The Hall–Kier alpha value is -2.47. The molecule has 3 aromatic rings. The Bertz CT molecular complexity index is 906. The molecule has 0 aliphatic heterocycles. The van der Waals surface area contributed by atoms with Crippen molar-refractivity contribution in [2.45, 2.75) is 33.6 Å². The Balaban J connectivity index is 1.56. The third-order valence-electron chi connectivity index (χ3n) is 4.21. The van der Waals surface area contributed by atoms with Gasteiger partial charge < -0.3 is 10.3 Å². The summed E-state index contributed by atoms with van der Waals surface area (Å²) in [4.78, 5) is 31.6. The average molecular weight is 355 g/mol. The van der Waals surface area contributed by atoms with Gasteiger partial charge in [0.15, 0.2) is 5.78 Å². The molecule has 0 aliphatic carbocycles. The predicted molar refractivity (Wildman–Crippen MR) is 101 cm³/mol. The molecule has 0 saturated carbocycles. The highest BCUT2D eigenvalue weighted by Gasteiger charge is 2.19. The Kier molecular flexibility index (Phi) is 4.99. The van der Waals surface area contributed by atoms with Gasteiger partial charge in [0.25, 0.3) is 5.91 Å². The summed E-state index contributed by atoms with van der Waals surface area (Å²) >= 11 is 1.70. The third-order valence-corrected chi connectivity index (χ3v) is 5.30. The van der Waals surface area contributed by atoms with Crippen molar-refractivity contribution in [3.05, 3.63) is 51.8 Å². The van der Waals surface area contributed by atoms with Crippen LogP contribution in [0.4, 0.5) is 0 Å². The van der Waals surface area contributed by atoms with E-state index in [9.17, 15) is 9.59 Å². The normalized spacial score (nSPS) is 11.0. The van der Waals surface area contributed by atoms with Gasteiger partial charge in [0, 0.05) is 24.2 Å². The second-order valence-corrected chi connectivity index (χ2v) is 7.23. The average Bonchev–Trinajstić information content (AvgIpc) is 3.11. The molecule has 5 nitrogen and oxygen atoms in total. The number of aromatic amines is 1. The second-order valence-electron chi connectivity index (χ2n) is 6.12. The van der Waals surface area contributed by atoms with Crippen LogP contribution in [-0.2, 0) is 6.42 Å². The SMILES string of the molecule is CC(=O)c1c(C)[nH]c(C(=O)NCCCc2nc3ccccc3s2)c1C. The molecule has 0 fully saturated rings. The number of Topliss-reactive ketones (excluding diaryl/α,β-unsaturated/α-hetero) is 1. The molecule has 3 rings (SSSR count). The zero-order valence-electron chi connectivity index (χ0n) is 14.6. The largest absolute Gasteiger partial charge is 0.354 e. The molecule has 130 valence electrons. The topological polar surface area (TPSA) is 74.8 Å². The summed E-state index contributed by atoms with van der Waals surface area (Å²) in [5.41, 5.74) is 3.57. The van der Waals surface area contributed by atoms with Crippen LogP contribution in [-0.4, -0.2) is 28.2 Å². The van der Waals surface area contributed by atoms with Crippen LogP contribution in [0.3, 0.4) is 0 Å². The van der Waals surface area contributed by atoms with E-state index in [0.29, 0.717) is 23.4 Å². The van der Waals surface area contributed by atoms with E-state index in [1.807, 2.05) is 25.1 Å². The minimum absolute atomic E-state index is 0.0267. The van der Waals surface area contributed by atoms with Crippen LogP contribution in [0, 0.1) is 13.8 Å². The first-order valence-corrected chi connectivity index (χ1v) is 9.11. The first-order valence-electron chi connectivity index (χ1n) is 8.30. The van der Waals surface area contributed by atoms with Crippen molar-refractivity contribution < 1.29 is 9.59 Å². The fourth-order valence-electron chi connectivity index (χ4n) is 3.06. The number of ketones is 1. The lowest BCUT2D eigenvalue weighted by Gasteiger charge is -2.04. The predicted octanol–water partition coefficient (Wildman–Crippen LogP) is 3.81. The van der Waals surface area contributed by atoms with Crippen molar-refractivity contribution in [2.24, 2.45) is 0 Å². The number of amides is 1. The quantitative estimate of drug-likeness (QED) is 0.521. The lowest BCUT2D eigenvalue weighted by atomic mass is 10.1. The molecule has 6 heteroatoms. The van der Waals surface area contributed by atoms with Gasteiger partial charge in [0.1, 0.15) is 5.69 Å². The number of fused-ring (bicyclic) bond motifs is 1. The molecule has 0 radical (unpaired) electrons. The molecule has 25 heavy (non-hydrogen) atoms. The number of carbonyl (C=O) groups excluding carboxylic acids is 2. The van der Waals surface area contributed by atoms with Gasteiger partial charge in [-0.1, -0.05) is 12.1 Å². The zero-order valence-corrected chi connectivity index (χ0v) is 15.4. The minimum Gasteiger partial charge on any atom is -0.354 e. The molecule has 0 atom stereocenters. The molecule has 2 heterocycles. The maximum atomic E-state index is 12.3. The van der Waals surface area contributed by atoms with Gasteiger partial charge in [-0.05, 0) is 44.9 Å². The first kappa shape index (κ1) is 17.4. The van der Waals surface area contributed by atoms with Gasteiger partial charge in [-0.15, -0.1) is 11.3 Å². The molecule has 1 aromatic carbocycles. The molecule has 0 unspecified atom stereocenters. The molecule has 0 spiro atoms. The van der Waals surface area contributed by atoms with Crippen molar-refractivity contribution in [2.75, 3.05) is 6.54 Å². The number of hydrogen-bond acceptors (Lipinski definition) is 4. The molecule has 0 aliphatic rings. The molecular formula is C19H21N3O2S. The van der Waals surface area contributed by atoms with Crippen molar-refractivity contribution in [3.63, 3.8) is 0 Å². The maximum Gasteiger partial charge on any atom is 0.268 e. The lowest BCUT2D eigenvalue weighted by Crippen LogP contribution is -2.25. The fourth-order valence-corrected chi connectivity index (χ4v) is 4.07. The molecule has 0 saturated heterocycles. The van der Waals surface area contributed by atoms with Crippen molar-refractivity contribution in [1.29, 1.82) is 0 Å². The van der Waals surface area contributed by atoms with Crippen LogP contribution >= 0.6 is 11.3 Å². The van der Waals surface area contributed by atoms with Crippen LogP contribution in [0.2, 0.25) is 0 Å². The molecule has 1 amide bonds. The Morgan fingerprint density at radius 3 is 2.68 bits per heavy atom. The van der Waals surface area contributed by atoms with Crippen LogP contribution < -0.4 is 5.32 Å². The number of thiazole rings is 1. The number of nitrogens with one attached hydrogen (secondary N) is 2. The molecule has 2 N–H and O–H groups in total. The van der Waals surface area contributed by atoms with E-state index < -0.39 is 0 Å². The number of carbonyl (C=O) groups is 2. The summed E-state index contributed by atoms with van der Waals surface area (Å²) in [6, 6.07) is 8.09. The van der Waals surface area contributed by atoms with Crippen LogP contribution in [0.15, 0.2) is 24.3 Å². The molecule has 0 bridgehead atoms. The first-order chi connectivity index (χ1) is 12.0. The number of aryl methyl sites for hydroxylation is 2. The number of H-pyrrole nitrogens is 1. The molecule has 2 aromatic heterocycles. The number of benzene rings is 1. The monoisotopic (exact) mass is 355 g/mol. The summed E-state index contributed by atoms with van der Waals surface area (Å²) in [7, 11) is 0. The highest BCUT2D eigenvalue weighted by atomic mass is 32.1. The Morgan fingerprint density at radius 2 is 2.00 bits per heavy atom. The maximum absolute atomic E-state index is 12.3. The van der Waals surface area contributed by atoms with E-state index in [0.717, 1.165) is 29.1 Å². The highest BCUT2D eigenvalue weighted by molar-refractivity contribution is 7.18. The van der Waals surface area contributed by atoms with Gasteiger partial charge >= 0.3 is 0 Å². The number of rotatable bonds is 6. The van der Waals surface area contributed by atoms with E-state index in [1.54, 1.807) is 18.3 Å². The summed E-state index contributed by atoms with van der Waals surface area (Å²) in [5.74, 6) is -0.196. The fraction of sp³-hybridized carbons (Fsp3) is 0.316. The minimum atomic E-state index is -0.169. The van der Waals surface area contributed by atoms with Crippen molar-refractivity contribution >= 4 is 33.2 Å². The van der Waals surface area contributed by atoms with Gasteiger partial charge in [0.05, 0.1) is 15.2 Å². The van der Waals surface area contributed by atoms with Gasteiger partial charge in [-0.2, -0.15) is 0 Å². The van der Waals surface area contributed by atoms with Gasteiger partial charge in [0.2, 0.25) is 0 Å². The summed E-state index contributed by atoms with van der Waals surface area (Å²) in [6.07, 6.45) is 1.66. The standard InChI is InChI=1S/C19H21N3O2S/c1-11-17(13(3)23)12(2)21-18(11)19(24)20-10-6-9-16-22-14-7-4-5-8-15(14)25-16/h4-5,7-8,21H,6,9-10H2,1-3H3,(H,20,24). The second kappa shape index (κ2) is 7.19. The summed E-state index contributed by atoms with van der Waals surface area (Å²) in [5, 5.41) is 4.00. The van der Waals surface area contributed by atoms with E-state index >= 15 is 0 Å². The van der Waals surface area contributed by atoms with Crippen molar-refractivity contribution in [1.82, 2.24) is 15.3 Å². The van der Waals surface area contributed by atoms with E-state index in [-0.39, 0.29) is 11.7 Å². The Morgan fingerprint density at radius 1 is 1.24 bits per heavy atom. The zero-order chi connectivity index (χ0) is 18.0. The number of para-hydroxylation sites is 1. The molecular weight excluding hydrogens is 334 g/mol. The smallest absolute Gasteiger partial charge is 0.268 e.